The highest BCUT2D eigenvalue weighted by atomic mass is 32.2. The summed E-state index contributed by atoms with van der Waals surface area (Å²) in [5.41, 5.74) is 0. The topological polar surface area (TPSA) is 76.7 Å². The van der Waals surface area contributed by atoms with Crippen LogP contribution < -0.4 is 9.44 Å². The number of hydrogen-bond donors (Lipinski definition) is 2. The van der Waals surface area contributed by atoms with Gasteiger partial charge in [0.1, 0.15) is 12.5 Å². The Morgan fingerprint density at radius 1 is 1.25 bits per heavy atom. The summed E-state index contributed by atoms with van der Waals surface area (Å²) < 4.78 is 33.4. The van der Waals surface area contributed by atoms with Gasteiger partial charge in [-0.05, 0) is 0 Å². The molecule has 0 amide bonds. The van der Waals surface area contributed by atoms with Crippen LogP contribution in [0.15, 0.2) is 24.9 Å². The predicted molar refractivity (Wildman–Crippen MR) is 43.2 cm³/mol. The highest BCUT2D eigenvalue weighted by Gasteiger charge is 2.09. The van der Waals surface area contributed by atoms with Crippen molar-refractivity contribution in [3.63, 3.8) is 0 Å². The minimum absolute atomic E-state index is 1.06. The van der Waals surface area contributed by atoms with Gasteiger partial charge in [-0.1, -0.05) is 0 Å². The molecule has 2 N–H and O–H groups in total. The fourth-order valence-electron chi connectivity index (χ4n) is 0.379. The molecule has 6 nitrogen and oxygen atoms in total. The van der Waals surface area contributed by atoms with E-state index in [0.29, 0.717) is 0 Å². The summed E-state index contributed by atoms with van der Waals surface area (Å²) in [4.78, 5) is 0. The van der Waals surface area contributed by atoms with Crippen molar-refractivity contribution in [2.45, 2.75) is 0 Å². The Morgan fingerprint density at radius 3 is 2.25 bits per heavy atom. The zero-order valence-corrected chi connectivity index (χ0v) is 7.39. The van der Waals surface area contributed by atoms with Crippen LogP contribution in [0.1, 0.15) is 0 Å². The molecule has 0 aromatic carbocycles. The van der Waals surface area contributed by atoms with Gasteiger partial charge in [0.2, 0.25) is 0 Å². The maximum atomic E-state index is 10.0. The normalized spacial score (nSPS) is 21.0. The van der Waals surface area contributed by atoms with E-state index in [2.05, 4.69) is 13.1 Å². The zero-order valence-electron chi connectivity index (χ0n) is 5.76. The second kappa shape index (κ2) is 4.12. The molecule has 2 aliphatic rings. The maximum absolute atomic E-state index is 10.0. The molecule has 8 heteroatoms. The van der Waals surface area contributed by atoms with Crippen LogP contribution in [0.3, 0.4) is 0 Å². The molecule has 2 heterocycles. The van der Waals surface area contributed by atoms with Crippen molar-refractivity contribution >= 4 is 22.5 Å². The van der Waals surface area contributed by atoms with Crippen molar-refractivity contribution in [3.05, 3.63) is 24.9 Å². The van der Waals surface area contributed by atoms with Crippen molar-refractivity contribution in [2.75, 3.05) is 0 Å². The van der Waals surface area contributed by atoms with Crippen LogP contribution >= 0.6 is 12.2 Å². The molecule has 0 bridgehead atoms. The predicted octanol–water partition coefficient (Wildman–Crippen LogP) is -0.0372. The molecule has 0 saturated heterocycles. The molecule has 68 valence electrons. The smallest absolute Gasteiger partial charge is 0.406 e. The molecule has 12 heavy (non-hydrogen) atoms. The van der Waals surface area contributed by atoms with E-state index in [4.69, 9.17) is 0 Å². The first-order valence-electron chi connectivity index (χ1n) is 2.79. The van der Waals surface area contributed by atoms with E-state index in [9.17, 15) is 8.42 Å². The van der Waals surface area contributed by atoms with Crippen molar-refractivity contribution in [1.82, 2.24) is 9.44 Å². The van der Waals surface area contributed by atoms with E-state index in [-0.39, 0.29) is 0 Å². The molecule has 0 saturated carbocycles. The lowest BCUT2D eigenvalue weighted by molar-refractivity contribution is 0.453. The second-order valence-electron chi connectivity index (χ2n) is 1.57. The molecule has 0 unspecified atom stereocenters. The van der Waals surface area contributed by atoms with Gasteiger partial charge in [-0.2, -0.15) is 8.42 Å². The van der Waals surface area contributed by atoms with Crippen LogP contribution in [0, 0.1) is 0 Å². The van der Waals surface area contributed by atoms with Crippen molar-refractivity contribution in [3.8, 4) is 0 Å². The van der Waals surface area contributed by atoms with Crippen LogP contribution in [-0.2, 0) is 18.7 Å². The summed E-state index contributed by atoms with van der Waals surface area (Å²) >= 11 is 1.21. The van der Waals surface area contributed by atoms with Gasteiger partial charge in [0.15, 0.2) is 12.2 Å². The van der Waals surface area contributed by atoms with Crippen LogP contribution in [0.25, 0.3) is 0 Å². The molecule has 0 aliphatic carbocycles. The van der Waals surface area contributed by atoms with Crippen molar-refractivity contribution in [2.24, 2.45) is 0 Å². The Kier molecular flexibility index (Phi) is 3.11. The van der Waals surface area contributed by atoms with Crippen LogP contribution in [0.2, 0.25) is 0 Å². The van der Waals surface area contributed by atoms with Gasteiger partial charge in [-0.25, -0.2) is 0 Å². The minimum Gasteiger partial charge on any atom is -0.412 e. The van der Waals surface area contributed by atoms with Gasteiger partial charge in [0.25, 0.3) is 0 Å². The van der Waals surface area contributed by atoms with E-state index < -0.39 is 10.3 Å². The average Bonchev–Trinajstić information content (AvgIpc) is 2.60. The molecule has 2 rings (SSSR count). The highest BCUT2D eigenvalue weighted by Crippen LogP contribution is 2.01. The Labute approximate surface area is 74.2 Å². The molecular weight excluding hydrogens is 204 g/mol. The van der Waals surface area contributed by atoms with Gasteiger partial charge in [-0.15, -0.1) is 0 Å². The summed E-state index contributed by atoms with van der Waals surface area (Å²) in [5, 5.41) is 0. The number of nitrogens with one attached hydrogen (secondary N) is 2. The lowest BCUT2D eigenvalue weighted by atomic mass is 11.0. The minimum atomic E-state index is -3.41. The third-order valence-corrected chi connectivity index (χ3v) is 1.98. The first-order chi connectivity index (χ1) is 5.71. The highest BCUT2D eigenvalue weighted by molar-refractivity contribution is 7.93. The largest absolute Gasteiger partial charge is 0.412 e. The first kappa shape index (κ1) is 9.07. The van der Waals surface area contributed by atoms with E-state index in [0.717, 1.165) is 6.26 Å². The standard InChI is InChI=1S/C2H3NO3S.C2H3NOS/c4-7(5)3-1-2-6-7;1-2-4-5-3-1/h1-3H;1-3H. The van der Waals surface area contributed by atoms with E-state index in [1.807, 2.05) is 4.72 Å². The van der Waals surface area contributed by atoms with E-state index in [1.165, 1.54) is 18.4 Å². The Morgan fingerprint density at radius 2 is 2.08 bits per heavy atom. The van der Waals surface area contributed by atoms with Gasteiger partial charge in [-0.3, -0.25) is 4.72 Å². The molecule has 0 spiro atoms. The van der Waals surface area contributed by atoms with Gasteiger partial charge in [0, 0.05) is 6.20 Å². The fourth-order valence-corrected chi connectivity index (χ4v) is 1.14. The Hall–Kier alpha value is -1.02. The van der Waals surface area contributed by atoms with Crippen molar-refractivity contribution in [1.29, 1.82) is 0 Å². The Balaban J connectivity index is 0.000000127. The van der Waals surface area contributed by atoms with Gasteiger partial charge < -0.3 is 13.1 Å². The Bertz CT molecular complexity index is 263. The average molecular weight is 210 g/mol. The van der Waals surface area contributed by atoms with E-state index in [1.54, 1.807) is 12.5 Å². The van der Waals surface area contributed by atoms with Crippen LogP contribution in [0.5, 0.6) is 0 Å². The van der Waals surface area contributed by atoms with E-state index >= 15 is 0 Å². The first-order valence-corrected chi connectivity index (χ1v) is 4.94. The lowest BCUT2D eigenvalue weighted by Crippen LogP contribution is -2.11. The van der Waals surface area contributed by atoms with Gasteiger partial charge in [0.05, 0.1) is 6.20 Å². The summed E-state index contributed by atoms with van der Waals surface area (Å²) in [6.07, 6.45) is 5.58. The zero-order chi connectivity index (χ0) is 8.86. The maximum Gasteiger partial charge on any atom is 0.406 e. The number of hydrogen-bond acceptors (Lipinski definition) is 6. The third kappa shape index (κ3) is 3.39. The molecule has 0 fully saturated rings. The van der Waals surface area contributed by atoms with Gasteiger partial charge >= 0.3 is 10.3 Å². The fraction of sp³-hybridized carbons (Fsp3) is 0. The second-order valence-corrected chi connectivity index (χ2v) is 3.50. The molecule has 0 radical (unpaired) electrons. The molecule has 0 atom stereocenters. The quantitative estimate of drug-likeness (QED) is 0.431. The molecule has 2 aliphatic heterocycles. The summed E-state index contributed by atoms with van der Waals surface area (Å²) in [5.74, 6) is 0. The molecule has 0 aromatic heterocycles. The molecule has 0 aromatic rings. The van der Waals surface area contributed by atoms with Crippen molar-refractivity contribution < 1.29 is 16.8 Å². The monoisotopic (exact) mass is 210 g/mol. The number of rotatable bonds is 0. The summed E-state index contributed by atoms with van der Waals surface area (Å²) in [6, 6.07) is 0. The molecular formula is C4H6N2O4S2. The van der Waals surface area contributed by atoms with Crippen LogP contribution in [-0.4, -0.2) is 8.42 Å². The summed E-state index contributed by atoms with van der Waals surface area (Å²) in [6.45, 7) is 0. The third-order valence-electron chi connectivity index (χ3n) is 0.751. The SMILES string of the molecule is C1=COSN1.O=S1(=O)NC=CO1. The summed E-state index contributed by atoms with van der Waals surface area (Å²) in [7, 11) is -3.41. The van der Waals surface area contributed by atoms with Crippen LogP contribution in [0.4, 0.5) is 0 Å². The lowest BCUT2D eigenvalue weighted by Gasteiger charge is -1.87.